The van der Waals surface area contributed by atoms with Crippen LogP contribution in [0.2, 0.25) is 0 Å². The fraction of sp³-hybridized carbons (Fsp3) is 0.568. The molecule has 1 rings (SSSR count). The van der Waals surface area contributed by atoms with Crippen LogP contribution in [0.15, 0.2) is 24.3 Å². The monoisotopic (exact) mass is 805 g/mol. The molecule has 0 fully saturated rings. The van der Waals surface area contributed by atoms with Gasteiger partial charge in [0.2, 0.25) is 23.6 Å². The van der Waals surface area contributed by atoms with E-state index in [1.807, 2.05) is 0 Å². The van der Waals surface area contributed by atoms with E-state index >= 15 is 0 Å². The molecule has 57 heavy (non-hydrogen) atoms. The van der Waals surface area contributed by atoms with E-state index in [1.165, 1.54) is 31.2 Å². The van der Waals surface area contributed by atoms with Crippen molar-refractivity contribution in [3.8, 4) is 0 Å². The number of nitro benzene ring substituents is 1. The highest BCUT2D eigenvalue weighted by Gasteiger charge is 2.34. The molecule has 0 saturated carbocycles. The van der Waals surface area contributed by atoms with Crippen molar-refractivity contribution in [1.29, 1.82) is 0 Å². The first-order chi connectivity index (χ1) is 26.6. The third-order valence-electron chi connectivity index (χ3n) is 8.81. The second-order valence-corrected chi connectivity index (χ2v) is 13.9. The molecule has 5 atom stereocenters. The first kappa shape index (κ1) is 48.9. The lowest BCUT2D eigenvalue weighted by Crippen LogP contribution is -2.48. The van der Waals surface area contributed by atoms with Crippen molar-refractivity contribution in [2.24, 2.45) is 17.8 Å². The number of unbranched alkanes of at least 4 members (excludes halogenated alkanes) is 1. The van der Waals surface area contributed by atoms with Gasteiger partial charge in [0.1, 0.15) is 0 Å². The molecule has 0 unspecified atom stereocenters. The van der Waals surface area contributed by atoms with Crippen LogP contribution in [0.1, 0.15) is 91.0 Å². The van der Waals surface area contributed by atoms with Crippen molar-refractivity contribution in [3.63, 3.8) is 0 Å². The van der Waals surface area contributed by atoms with E-state index in [4.69, 9.17) is 0 Å². The lowest BCUT2D eigenvalue weighted by atomic mass is 9.86. The van der Waals surface area contributed by atoms with Gasteiger partial charge in [-0.05, 0) is 37.2 Å². The van der Waals surface area contributed by atoms with Gasteiger partial charge in [-0.2, -0.15) is 0 Å². The molecule has 20 heteroatoms. The largest absolute Gasteiger partial charge is 0.481 e. The Morgan fingerprint density at radius 2 is 1.19 bits per heavy atom. The van der Waals surface area contributed by atoms with Gasteiger partial charge in [0, 0.05) is 64.1 Å². The van der Waals surface area contributed by atoms with Gasteiger partial charge in [-0.1, -0.05) is 26.0 Å². The molecular weight excluding hydrogens is 754 g/mol. The average molecular weight is 806 g/mol. The van der Waals surface area contributed by atoms with Crippen LogP contribution >= 0.6 is 0 Å². The Morgan fingerprint density at radius 3 is 1.70 bits per heavy atom. The van der Waals surface area contributed by atoms with E-state index in [1.54, 1.807) is 13.8 Å². The number of benzene rings is 1. The van der Waals surface area contributed by atoms with Gasteiger partial charge in [-0.3, -0.25) is 58.1 Å². The number of non-ortho nitro benzene ring substituents is 1. The summed E-state index contributed by atoms with van der Waals surface area (Å²) in [5, 5.41) is 48.6. The second kappa shape index (κ2) is 24.4. The molecule has 0 radical (unpaired) electrons. The molecule has 0 aromatic heterocycles. The van der Waals surface area contributed by atoms with E-state index < -0.39 is 132 Å². The number of hydrogen-bond donors (Lipinski definition) is 7. The standard InChI is InChI=1S/C37H51N5O15/c1-20(2)26(18-32(47)29(19-35(52)53)40-22(4)44)37(55)41-28(12-13-33(48)49)31(46)16-24(17-34(50)51)36(54)38-14-6-5-7-27(39-21(3)43)30(45)15-23-8-10-25(11-9-23)42(56)57/h8-11,20,24,26-29H,5-7,12-19H2,1-4H3,(H,38,54)(H,39,43)(H,40,44)(H,41,55)(H,48,49)(H,50,51)(H,52,53)/t24-,26-,27-,28-,29-/m0/s1. The van der Waals surface area contributed by atoms with Gasteiger partial charge in [-0.15, -0.1) is 0 Å². The fourth-order valence-electron chi connectivity index (χ4n) is 5.82. The number of carboxylic acid groups (broad SMARTS) is 3. The number of nitrogens with zero attached hydrogens (tertiary/aromatic N) is 1. The van der Waals surface area contributed by atoms with Gasteiger partial charge in [0.05, 0.1) is 41.8 Å². The molecule has 4 amide bonds. The van der Waals surface area contributed by atoms with Crippen LogP contribution in [-0.4, -0.2) is 104 Å². The number of aliphatic carboxylic acids is 3. The summed E-state index contributed by atoms with van der Waals surface area (Å²) in [6.07, 6.45) is -3.20. The van der Waals surface area contributed by atoms with Gasteiger partial charge >= 0.3 is 17.9 Å². The summed E-state index contributed by atoms with van der Waals surface area (Å²) in [6.45, 7) is 5.44. The molecular formula is C37H51N5O15. The number of hydrogen-bond acceptors (Lipinski definition) is 12. The zero-order valence-corrected chi connectivity index (χ0v) is 32.2. The molecule has 0 aliphatic carbocycles. The number of nitrogens with one attached hydrogen (secondary N) is 4. The summed E-state index contributed by atoms with van der Waals surface area (Å²) in [5.41, 5.74) is 0.347. The van der Waals surface area contributed by atoms with E-state index in [0.29, 0.717) is 12.0 Å². The first-order valence-corrected chi connectivity index (χ1v) is 18.2. The number of nitro groups is 1. The number of ketones is 3. The van der Waals surface area contributed by atoms with Crippen molar-refractivity contribution in [2.75, 3.05) is 6.54 Å². The number of rotatable bonds is 28. The van der Waals surface area contributed by atoms with E-state index in [2.05, 4.69) is 21.3 Å². The Hall–Kier alpha value is -6.08. The van der Waals surface area contributed by atoms with Gasteiger partial charge in [-0.25, -0.2) is 0 Å². The zero-order chi connectivity index (χ0) is 43.4. The molecule has 1 aromatic carbocycles. The van der Waals surface area contributed by atoms with E-state index in [-0.39, 0.29) is 37.3 Å². The maximum absolute atomic E-state index is 13.5. The lowest BCUT2D eigenvalue weighted by molar-refractivity contribution is -0.384. The molecule has 0 bridgehead atoms. The maximum atomic E-state index is 13.5. The summed E-state index contributed by atoms with van der Waals surface area (Å²) in [6, 6.07) is 1.52. The fourth-order valence-corrected chi connectivity index (χ4v) is 5.82. The lowest BCUT2D eigenvalue weighted by Gasteiger charge is -2.26. The summed E-state index contributed by atoms with van der Waals surface area (Å²) >= 11 is 0. The third-order valence-corrected chi connectivity index (χ3v) is 8.81. The molecule has 7 N–H and O–H groups in total. The highest BCUT2D eigenvalue weighted by atomic mass is 16.6. The minimum atomic E-state index is -1.51. The number of carboxylic acids is 3. The Kier molecular flexibility index (Phi) is 21.0. The van der Waals surface area contributed by atoms with Crippen LogP contribution < -0.4 is 21.3 Å². The number of Topliss-reactive ketones (excluding diaryl/α,β-unsaturated/α-hetero) is 3. The average Bonchev–Trinajstić information content (AvgIpc) is 3.09. The number of carbonyl (C=O) groups is 10. The molecule has 0 saturated heterocycles. The van der Waals surface area contributed by atoms with Crippen LogP contribution in [0.4, 0.5) is 5.69 Å². The van der Waals surface area contributed by atoms with Crippen LogP contribution in [0.3, 0.4) is 0 Å². The van der Waals surface area contributed by atoms with E-state index in [0.717, 1.165) is 6.92 Å². The van der Waals surface area contributed by atoms with Crippen molar-refractivity contribution >= 4 is 64.6 Å². The van der Waals surface area contributed by atoms with Crippen LogP contribution in [0.25, 0.3) is 0 Å². The van der Waals surface area contributed by atoms with Gasteiger partial charge in [0.15, 0.2) is 17.3 Å². The molecule has 0 aliphatic rings. The quantitative estimate of drug-likeness (QED) is 0.0354. The topological polar surface area (TPSA) is 323 Å². The third kappa shape index (κ3) is 19.4. The maximum Gasteiger partial charge on any atom is 0.305 e. The molecule has 314 valence electrons. The van der Waals surface area contributed by atoms with Crippen molar-refractivity contribution < 1.29 is 68.2 Å². The van der Waals surface area contributed by atoms with E-state index in [9.17, 15) is 73.4 Å². The first-order valence-electron chi connectivity index (χ1n) is 18.2. The normalized spacial score (nSPS) is 13.5. The predicted molar refractivity (Wildman–Crippen MR) is 198 cm³/mol. The summed E-state index contributed by atoms with van der Waals surface area (Å²) in [7, 11) is 0. The van der Waals surface area contributed by atoms with Crippen molar-refractivity contribution in [1.82, 2.24) is 21.3 Å². The zero-order valence-electron chi connectivity index (χ0n) is 32.2. The minimum Gasteiger partial charge on any atom is -0.481 e. The summed E-state index contributed by atoms with van der Waals surface area (Å²) < 4.78 is 0. The molecule has 0 aliphatic heterocycles. The van der Waals surface area contributed by atoms with Crippen molar-refractivity contribution in [2.45, 2.75) is 110 Å². The second-order valence-electron chi connectivity index (χ2n) is 13.9. The molecule has 20 nitrogen and oxygen atoms in total. The summed E-state index contributed by atoms with van der Waals surface area (Å²) in [5.74, 6) is -12.1. The van der Waals surface area contributed by atoms with Crippen LogP contribution in [0, 0.1) is 27.9 Å². The SMILES string of the molecule is CC(=O)N[C@@H](CCCCNC(=O)[C@H](CC(=O)O)CC(=O)[C@H](CCC(=O)O)NC(=O)[C@@H](CC(=O)[C@H](CC(=O)O)NC(C)=O)C(C)C)C(=O)Cc1ccc([N+](=O)[O-])cc1. The van der Waals surface area contributed by atoms with Crippen molar-refractivity contribution in [3.05, 3.63) is 39.9 Å². The van der Waals surface area contributed by atoms with Gasteiger partial charge in [0.25, 0.3) is 5.69 Å². The van der Waals surface area contributed by atoms with Gasteiger partial charge < -0.3 is 36.6 Å². The van der Waals surface area contributed by atoms with Crippen LogP contribution in [-0.2, 0) is 54.4 Å². The Morgan fingerprint density at radius 1 is 0.649 bits per heavy atom. The Balaban J connectivity index is 2.99. The Labute approximate surface area is 328 Å². The highest BCUT2D eigenvalue weighted by Crippen LogP contribution is 2.20. The molecule has 0 heterocycles. The predicted octanol–water partition coefficient (Wildman–Crippen LogP) is 1.11. The number of carbonyl (C=O) groups excluding carboxylic acids is 7. The summed E-state index contributed by atoms with van der Waals surface area (Å²) in [4.78, 5) is 134. The number of amides is 4. The Bertz CT molecular complexity index is 1640. The molecule has 0 spiro atoms. The van der Waals surface area contributed by atoms with Crippen LogP contribution in [0.5, 0.6) is 0 Å². The highest BCUT2D eigenvalue weighted by molar-refractivity contribution is 5.97. The molecule has 1 aromatic rings. The minimum absolute atomic E-state index is 0.0168. The smallest absolute Gasteiger partial charge is 0.305 e.